The Morgan fingerprint density at radius 3 is 2.71 bits per heavy atom. The first-order valence-corrected chi connectivity index (χ1v) is 4.42. The third-order valence-electron chi connectivity index (χ3n) is 1.11. The molecule has 0 aromatic carbocycles. The molecular formula is C3H2N8O2S. The van der Waals surface area contributed by atoms with Gasteiger partial charge in [0, 0.05) is 22.2 Å². The first kappa shape index (κ1) is 9.86. The van der Waals surface area contributed by atoms with Crippen LogP contribution in [-0.4, -0.2) is 17.4 Å². The van der Waals surface area contributed by atoms with Crippen molar-refractivity contribution in [2.45, 2.75) is 0 Å². The van der Waals surface area contributed by atoms with E-state index in [1.165, 1.54) is 0 Å². The van der Waals surface area contributed by atoms with E-state index < -0.39 is 16.2 Å². The Morgan fingerprint density at radius 2 is 2.14 bits per heavy atom. The third kappa shape index (κ3) is 1.75. The van der Waals surface area contributed by atoms with Crippen LogP contribution in [0.2, 0.25) is 0 Å². The lowest BCUT2D eigenvalue weighted by Crippen LogP contribution is -2.06. The van der Waals surface area contributed by atoms with Crippen LogP contribution in [0.15, 0.2) is 22.0 Å². The van der Waals surface area contributed by atoms with Crippen LogP contribution in [0, 0.1) is 0 Å². The molecule has 10 nitrogen and oxygen atoms in total. The quantitative estimate of drug-likeness (QED) is 0.422. The zero-order valence-electron chi connectivity index (χ0n) is 6.46. The minimum Gasteiger partial charge on any atom is -0.235 e. The second-order valence-electron chi connectivity index (χ2n) is 1.86. The van der Waals surface area contributed by atoms with Crippen molar-refractivity contribution >= 4 is 16.2 Å². The Bertz CT molecular complexity index is 529. The van der Waals surface area contributed by atoms with E-state index in [1.54, 1.807) is 0 Å². The van der Waals surface area contributed by atoms with Crippen molar-refractivity contribution in [3.8, 4) is 0 Å². The molecule has 0 aliphatic heterocycles. The molecule has 0 bridgehead atoms. The van der Waals surface area contributed by atoms with Crippen molar-refractivity contribution in [1.29, 1.82) is 0 Å². The number of rotatable bonds is 3. The molecule has 0 aliphatic carbocycles. The van der Waals surface area contributed by atoms with Crippen LogP contribution in [0.3, 0.4) is 0 Å². The smallest absolute Gasteiger partial charge is 0.235 e. The molecule has 0 saturated heterocycles. The summed E-state index contributed by atoms with van der Waals surface area (Å²) in [6.45, 7) is 0. The van der Waals surface area contributed by atoms with Gasteiger partial charge in [-0.1, -0.05) is 0 Å². The molecule has 72 valence electrons. The summed E-state index contributed by atoms with van der Waals surface area (Å²) in [6.07, 6.45) is 2.09. The fourth-order valence-electron chi connectivity index (χ4n) is 0.660. The van der Waals surface area contributed by atoms with Crippen molar-refractivity contribution < 1.29 is 8.42 Å². The summed E-state index contributed by atoms with van der Waals surface area (Å²) in [5, 5.41) is 2.99. The molecular weight excluding hydrogens is 212 g/mol. The predicted molar refractivity (Wildman–Crippen MR) is 44.5 cm³/mol. The predicted octanol–water partition coefficient (Wildman–Crippen LogP) is 1.23. The first-order chi connectivity index (χ1) is 6.61. The van der Waals surface area contributed by atoms with E-state index >= 15 is 0 Å². The van der Waals surface area contributed by atoms with E-state index in [1.807, 2.05) is 0 Å². The summed E-state index contributed by atoms with van der Waals surface area (Å²) in [4.78, 5) is 7.91. The van der Waals surface area contributed by atoms with E-state index in [0.29, 0.717) is 3.97 Å². The molecule has 0 unspecified atom stereocenters. The normalized spacial score (nSPS) is 10.0. The molecule has 0 N–H and O–H groups in total. The van der Waals surface area contributed by atoms with Crippen LogP contribution in [-0.2, 0) is 10.2 Å². The van der Waals surface area contributed by atoms with Gasteiger partial charge in [-0.05, 0) is 16.2 Å². The van der Waals surface area contributed by atoms with Gasteiger partial charge in [0.25, 0.3) is 0 Å². The molecule has 0 saturated carbocycles. The van der Waals surface area contributed by atoms with Crippen molar-refractivity contribution in [3.05, 3.63) is 33.3 Å². The lowest BCUT2D eigenvalue weighted by molar-refractivity contribution is 0.589. The van der Waals surface area contributed by atoms with Crippen LogP contribution in [0.25, 0.3) is 20.9 Å². The summed E-state index contributed by atoms with van der Waals surface area (Å²) in [5.74, 6) is -0.417. The molecule has 0 spiro atoms. The summed E-state index contributed by atoms with van der Waals surface area (Å²) in [7, 11) is -4.22. The fraction of sp³-hybridized carbons (Fsp3) is 0. The van der Waals surface area contributed by atoms with Crippen LogP contribution < -0.4 is 0 Å². The van der Waals surface area contributed by atoms with E-state index in [4.69, 9.17) is 11.1 Å². The largest absolute Gasteiger partial charge is 0.329 e. The molecule has 0 aliphatic rings. The zero-order chi connectivity index (χ0) is 10.6. The van der Waals surface area contributed by atoms with Gasteiger partial charge in [0.1, 0.15) is 0 Å². The number of nitrogens with zero attached hydrogens (tertiary/aromatic N) is 8. The molecule has 1 heterocycles. The molecule has 0 amide bonds. The SMILES string of the molecule is [N-]=[N+]=Nc1nccn1S(=O)(=O)N=[N+]=[N-]. The minimum absolute atomic E-state index is 0.417. The Balaban J connectivity index is 3.40. The van der Waals surface area contributed by atoms with Gasteiger partial charge in [0.15, 0.2) is 0 Å². The molecule has 0 fully saturated rings. The fourth-order valence-corrected chi connectivity index (χ4v) is 1.33. The van der Waals surface area contributed by atoms with Gasteiger partial charge in [0.05, 0.1) is 4.52 Å². The van der Waals surface area contributed by atoms with E-state index in [2.05, 4.69) is 24.4 Å². The molecule has 1 aromatic rings. The molecule has 11 heteroatoms. The molecule has 1 aromatic heterocycles. The highest BCUT2D eigenvalue weighted by Gasteiger charge is 2.13. The van der Waals surface area contributed by atoms with Crippen molar-refractivity contribution in [2.24, 2.45) is 9.63 Å². The van der Waals surface area contributed by atoms with Gasteiger partial charge in [-0.2, -0.15) is 8.42 Å². The number of hydrogen-bond acceptors (Lipinski definition) is 4. The monoisotopic (exact) mass is 214 g/mol. The highest BCUT2D eigenvalue weighted by atomic mass is 32.2. The van der Waals surface area contributed by atoms with Crippen LogP contribution in [0.4, 0.5) is 5.95 Å². The first-order valence-electron chi connectivity index (χ1n) is 3.02. The molecule has 14 heavy (non-hydrogen) atoms. The van der Waals surface area contributed by atoms with Crippen molar-refractivity contribution in [1.82, 2.24) is 8.96 Å². The average Bonchev–Trinajstić information content (AvgIpc) is 2.53. The zero-order valence-corrected chi connectivity index (χ0v) is 7.27. The summed E-state index contributed by atoms with van der Waals surface area (Å²) in [5.41, 5.74) is 16.0. The lowest BCUT2D eigenvalue weighted by atomic mass is 11.0. The van der Waals surface area contributed by atoms with Gasteiger partial charge >= 0.3 is 10.2 Å². The number of imidazole rings is 1. The van der Waals surface area contributed by atoms with E-state index in [-0.39, 0.29) is 0 Å². The summed E-state index contributed by atoms with van der Waals surface area (Å²) in [6, 6.07) is 0. The van der Waals surface area contributed by atoms with Crippen LogP contribution in [0.5, 0.6) is 0 Å². The van der Waals surface area contributed by atoms with Gasteiger partial charge in [-0.3, -0.25) is 0 Å². The van der Waals surface area contributed by atoms with Gasteiger partial charge in [-0.25, -0.2) is 8.96 Å². The van der Waals surface area contributed by atoms with Crippen LogP contribution >= 0.6 is 0 Å². The van der Waals surface area contributed by atoms with E-state index in [9.17, 15) is 8.42 Å². The third-order valence-corrected chi connectivity index (χ3v) is 2.17. The molecule has 1 rings (SSSR count). The second-order valence-corrected chi connectivity index (χ2v) is 3.31. The van der Waals surface area contributed by atoms with Gasteiger partial charge in [0.2, 0.25) is 5.95 Å². The van der Waals surface area contributed by atoms with E-state index in [0.717, 1.165) is 12.4 Å². The van der Waals surface area contributed by atoms with Gasteiger partial charge < -0.3 is 0 Å². The summed E-state index contributed by atoms with van der Waals surface area (Å²) >= 11 is 0. The maximum atomic E-state index is 11.1. The highest BCUT2D eigenvalue weighted by Crippen LogP contribution is 2.13. The number of hydrogen-bond donors (Lipinski definition) is 0. The van der Waals surface area contributed by atoms with Gasteiger partial charge in [-0.15, -0.1) is 0 Å². The standard InChI is InChI=1S/C3H2N8O2S/c4-8-7-3-6-1-2-11(3)14(12,13)10-9-5/h1-2H. The van der Waals surface area contributed by atoms with Crippen LogP contribution in [0.1, 0.15) is 0 Å². The number of azide groups is 2. The number of aromatic nitrogens is 2. The Labute approximate surface area is 77.2 Å². The average molecular weight is 214 g/mol. The lowest BCUT2D eigenvalue weighted by Gasteiger charge is -1.97. The Kier molecular flexibility index (Phi) is 2.58. The highest BCUT2D eigenvalue weighted by molar-refractivity contribution is 7.88. The Morgan fingerprint density at radius 1 is 1.43 bits per heavy atom. The Hall–Kier alpha value is -2.22. The summed E-state index contributed by atoms with van der Waals surface area (Å²) < 4.78 is 25.2. The maximum Gasteiger partial charge on any atom is 0.329 e. The topological polar surface area (TPSA) is 149 Å². The molecule has 0 radical (unpaired) electrons. The van der Waals surface area contributed by atoms with Crippen molar-refractivity contribution in [3.63, 3.8) is 0 Å². The van der Waals surface area contributed by atoms with Crippen molar-refractivity contribution in [2.75, 3.05) is 0 Å². The maximum absolute atomic E-state index is 11.1. The second kappa shape index (κ2) is 3.66. The molecule has 0 atom stereocenters. The minimum atomic E-state index is -4.22.